The minimum atomic E-state index is -0.523. The van der Waals surface area contributed by atoms with E-state index < -0.39 is 6.04 Å². The smallest absolute Gasteiger partial charge is 0.255 e. The number of ether oxygens (including phenoxy) is 1. The predicted octanol–water partition coefficient (Wildman–Crippen LogP) is 2.38. The highest BCUT2D eigenvalue weighted by Crippen LogP contribution is 2.30. The molecule has 0 bridgehead atoms. The normalized spacial score (nSPS) is 16.8. The standard InChI is InChI=1S/C18H23N3O3/c1-24-15-10-13-12(7-8-20-17(13)22)9-14(15)21-18(23)16(19)11-5-3-2-4-6-11/h7-11,16H,2-6,19H2,1H3,(H,20,22)(H,21,23)/t16-/m1/s1. The van der Waals surface area contributed by atoms with Crippen molar-refractivity contribution in [1.29, 1.82) is 0 Å². The lowest BCUT2D eigenvalue weighted by atomic mass is 9.84. The van der Waals surface area contributed by atoms with Gasteiger partial charge in [0.25, 0.3) is 5.56 Å². The van der Waals surface area contributed by atoms with E-state index in [1.807, 2.05) is 0 Å². The maximum Gasteiger partial charge on any atom is 0.255 e. The van der Waals surface area contributed by atoms with Crippen molar-refractivity contribution in [2.24, 2.45) is 11.7 Å². The Morgan fingerprint density at radius 1 is 1.33 bits per heavy atom. The number of fused-ring (bicyclic) bond motifs is 1. The molecule has 6 nitrogen and oxygen atoms in total. The van der Waals surface area contributed by atoms with E-state index in [0.29, 0.717) is 16.8 Å². The number of amides is 1. The second-order valence-electron chi connectivity index (χ2n) is 6.36. The van der Waals surface area contributed by atoms with Gasteiger partial charge < -0.3 is 20.8 Å². The van der Waals surface area contributed by atoms with Gasteiger partial charge in [-0.1, -0.05) is 19.3 Å². The first kappa shape index (κ1) is 16.5. The van der Waals surface area contributed by atoms with E-state index in [-0.39, 0.29) is 17.4 Å². The Kier molecular flexibility index (Phi) is 4.85. The van der Waals surface area contributed by atoms with Gasteiger partial charge in [0, 0.05) is 6.20 Å². The van der Waals surface area contributed by atoms with Gasteiger partial charge in [-0.25, -0.2) is 0 Å². The van der Waals surface area contributed by atoms with Gasteiger partial charge in [0.15, 0.2) is 0 Å². The number of benzene rings is 1. The quantitative estimate of drug-likeness (QED) is 0.802. The van der Waals surface area contributed by atoms with E-state index in [0.717, 1.165) is 31.1 Å². The molecule has 1 aliphatic carbocycles. The first-order chi connectivity index (χ1) is 11.6. The summed E-state index contributed by atoms with van der Waals surface area (Å²) in [4.78, 5) is 27.0. The Morgan fingerprint density at radius 3 is 2.79 bits per heavy atom. The third kappa shape index (κ3) is 3.28. The lowest BCUT2D eigenvalue weighted by Gasteiger charge is -2.26. The fourth-order valence-corrected chi connectivity index (χ4v) is 3.41. The maximum atomic E-state index is 12.5. The van der Waals surface area contributed by atoms with Crippen LogP contribution >= 0.6 is 0 Å². The summed E-state index contributed by atoms with van der Waals surface area (Å²) >= 11 is 0. The Morgan fingerprint density at radius 2 is 2.08 bits per heavy atom. The van der Waals surface area contributed by atoms with Crippen LogP contribution < -0.4 is 21.3 Å². The fourth-order valence-electron chi connectivity index (χ4n) is 3.41. The van der Waals surface area contributed by atoms with Gasteiger partial charge in [-0.2, -0.15) is 0 Å². The van der Waals surface area contributed by atoms with E-state index in [4.69, 9.17) is 10.5 Å². The van der Waals surface area contributed by atoms with E-state index in [1.54, 1.807) is 24.4 Å². The highest BCUT2D eigenvalue weighted by atomic mass is 16.5. The van der Waals surface area contributed by atoms with Crippen LogP contribution in [-0.2, 0) is 4.79 Å². The number of hydrogen-bond donors (Lipinski definition) is 3. The molecule has 1 heterocycles. The van der Waals surface area contributed by atoms with Gasteiger partial charge in [-0.3, -0.25) is 9.59 Å². The molecule has 0 aliphatic heterocycles. The Labute approximate surface area is 140 Å². The number of rotatable bonds is 4. The van der Waals surface area contributed by atoms with Gasteiger partial charge in [-0.15, -0.1) is 0 Å². The van der Waals surface area contributed by atoms with Crippen molar-refractivity contribution in [2.45, 2.75) is 38.1 Å². The third-order valence-corrected chi connectivity index (χ3v) is 4.81. The van der Waals surface area contributed by atoms with Crippen molar-refractivity contribution in [2.75, 3.05) is 12.4 Å². The fraction of sp³-hybridized carbons (Fsp3) is 0.444. The van der Waals surface area contributed by atoms with Crippen molar-refractivity contribution in [1.82, 2.24) is 4.98 Å². The first-order valence-electron chi connectivity index (χ1n) is 8.36. The van der Waals surface area contributed by atoms with E-state index >= 15 is 0 Å². The lowest BCUT2D eigenvalue weighted by Crippen LogP contribution is -2.42. The van der Waals surface area contributed by atoms with Gasteiger partial charge in [0.05, 0.1) is 24.2 Å². The molecule has 0 saturated heterocycles. The molecule has 0 spiro atoms. The zero-order chi connectivity index (χ0) is 17.1. The molecule has 3 rings (SSSR count). The van der Waals surface area contributed by atoms with Crippen molar-refractivity contribution >= 4 is 22.4 Å². The number of aromatic nitrogens is 1. The minimum Gasteiger partial charge on any atom is -0.495 e. The summed E-state index contributed by atoms with van der Waals surface area (Å²) in [5.74, 6) is 0.473. The van der Waals surface area contributed by atoms with Crippen LogP contribution in [0.4, 0.5) is 5.69 Å². The van der Waals surface area contributed by atoms with Crippen LogP contribution in [0.2, 0.25) is 0 Å². The molecule has 0 unspecified atom stereocenters. The number of pyridine rings is 1. The number of carbonyl (C=O) groups excluding carboxylic acids is 1. The van der Waals surface area contributed by atoms with Crippen molar-refractivity contribution < 1.29 is 9.53 Å². The molecule has 1 saturated carbocycles. The SMILES string of the molecule is COc1cc2c(=O)[nH]ccc2cc1NC(=O)[C@H](N)C1CCCCC1. The van der Waals surface area contributed by atoms with Crippen molar-refractivity contribution in [3.8, 4) is 5.75 Å². The number of anilines is 1. The zero-order valence-electron chi connectivity index (χ0n) is 13.8. The van der Waals surface area contributed by atoms with Gasteiger partial charge >= 0.3 is 0 Å². The Bertz CT molecular complexity index is 794. The molecule has 1 amide bonds. The molecule has 6 heteroatoms. The molecule has 24 heavy (non-hydrogen) atoms. The number of aromatic amines is 1. The number of carbonyl (C=O) groups is 1. The number of nitrogens with one attached hydrogen (secondary N) is 2. The molecule has 4 N–H and O–H groups in total. The van der Waals surface area contributed by atoms with Crippen molar-refractivity contribution in [3.05, 3.63) is 34.7 Å². The molecule has 2 aromatic rings. The monoisotopic (exact) mass is 329 g/mol. The summed E-state index contributed by atoms with van der Waals surface area (Å²) < 4.78 is 5.33. The first-order valence-corrected chi connectivity index (χ1v) is 8.36. The molecule has 1 atom stereocenters. The maximum absolute atomic E-state index is 12.5. The number of nitrogens with two attached hydrogens (primary N) is 1. The molecule has 1 aliphatic rings. The van der Waals surface area contributed by atoms with Crippen LogP contribution in [0.5, 0.6) is 5.75 Å². The molecule has 1 aromatic carbocycles. The van der Waals surface area contributed by atoms with Crippen molar-refractivity contribution in [3.63, 3.8) is 0 Å². The average Bonchev–Trinajstić information content (AvgIpc) is 2.61. The summed E-state index contributed by atoms with van der Waals surface area (Å²) in [6.45, 7) is 0. The summed E-state index contributed by atoms with van der Waals surface area (Å²) in [5, 5.41) is 4.12. The molecule has 128 valence electrons. The van der Waals surface area contributed by atoms with Gasteiger partial charge in [-0.05, 0) is 42.3 Å². The predicted molar refractivity (Wildman–Crippen MR) is 94.3 cm³/mol. The summed E-state index contributed by atoms with van der Waals surface area (Å²) in [6.07, 6.45) is 7.06. The lowest BCUT2D eigenvalue weighted by molar-refractivity contribution is -0.118. The topological polar surface area (TPSA) is 97.2 Å². The zero-order valence-corrected chi connectivity index (χ0v) is 13.8. The number of H-pyrrole nitrogens is 1. The summed E-state index contributed by atoms with van der Waals surface area (Å²) in [6, 6.07) is 4.64. The molecular weight excluding hydrogens is 306 g/mol. The van der Waals surface area contributed by atoms with Gasteiger partial charge in [0.1, 0.15) is 5.75 Å². The highest BCUT2D eigenvalue weighted by Gasteiger charge is 2.26. The van der Waals surface area contributed by atoms with Crippen LogP contribution in [0.15, 0.2) is 29.2 Å². The third-order valence-electron chi connectivity index (χ3n) is 4.81. The molecule has 0 radical (unpaired) electrons. The van der Waals surface area contributed by atoms with E-state index in [2.05, 4.69) is 10.3 Å². The summed E-state index contributed by atoms with van der Waals surface area (Å²) in [7, 11) is 1.51. The average molecular weight is 329 g/mol. The second-order valence-corrected chi connectivity index (χ2v) is 6.36. The van der Waals surface area contributed by atoms with Crippen LogP contribution in [-0.4, -0.2) is 24.0 Å². The minimum absolute atomic E-state index is 0.192. The molecule has 1 fully saturated rings. The van der Waals surface area contributed by atoms with E-state index in [1.165, 1.54) is 13.5 Å². The molecular formula is C18H23N3O3. The van der Waals surface area contributed by atoms with Crippen LogP contribution in [0.3, 0.4) is 0 Å². The second kappa shape index (κ2) is 7.05. The largest absolute Gasteiger partial charge is 0.495 e. The van der Waals surface area contributed by atoms with Crippen LogP contribution in [0, 0.1) is 5.92 Å². The Balaban J connectivity index is 1.85. The number of hydrogen-bond acceptors (Lipinski definition) is 4. The van der Waals surface area contributed by atoms with Gasteiger partial charge in [0.2, 0.25) is 5.91 Å². The highest BCUT2D eigenvalue weighted by molar-refractivity contribution is 5.99. The van der Waals surface area contributed by atoms with E-state index in [9.17, 15) is 9.59 Å². The number of methoxy groups -OCH3 is 1. The van der Waals surface area contributed by atoms with Crippen LogP contribution in [0.1, 0.15) is 32.1 Å². The molecule has 1 aromatic heterocycles. The van der Waals surface area contributed by atoms with Crippen LogP contribution in [0.25, 0.3) is 10.8 Å². The Hall–Kier alpha value is -2.34. The summed E-state index contributed by atoms with van der Waals surface area (Å²) in [5.41, 5.74) is 6.50.